The third-order valence-corrected chi connectivity index (χ3v) is 4.51. The predicted octanol–water partition coefficient (Wildman–Crippen LogP) is 3.58. The summed E-state index contributed by atoms with van der Waals surface area (Å²) in [5.41, 5.74) is 0.797. The van der Waals surface area contributed by atoms with E-state index in [0.29, 0.717) is 5.92 Å². The molecule has 1 saturated carbocycles. The number of rotatable bonds is 4. The lowest BCUT2D eigenvalue weighted by atomic mass is 9.89. The highest BCUT2D eigenvalue weighted by Gasteiger charge is 2.35. The monoisotopic (exact) mass is 262 g/mol. The van der Waals surface area contributed by atoms with Crippen molar-refractivity contribution >= 4 is 27.4 Å². The van der Waals surface area contributed by atoms with Gasteiger partial charge in [0.1, 0.15) is 5.75 Å². The normalized spacial score (nSPS) is 16.9. The number of carboxylic acids is 1. The summed E-state index contributed by atoms with van der Waals surface area (Å²) in [4.78, 5) is 11.0. The summed E-state index contributed by atoms with van der Waals surface area (Å²) in [7, 11) is 0. The van der Waals surface area contributed by atoms with Crippen molar-refractivity contribution < 1.29 is 15.0 Å². The molecule has 1 aromatic heterocycles. The maximum Gasteiger partial charge on any atom is 0.303 e. The number of phenolic OH excluding ortho intramolecular Hbond substituents is 1. The topological polar surface area (TPSA) is 57.5 Å². The molecule has 94 valence electrons. The molecule has 1 aromatic carbocycles. The van der Waals surface area contributed by atoms with Gasteiger partial charge < -0.3 is 10.2 Å². The molecule has 2 N–H and O–H groups in total. The maximum atomic E-state index is 11.0. The Labute approximate surface area is 109 Å². The quantitative estimate of drug-likeness (QED) is 0.885. The molecule has 18 heavy (non-hydrogen) atoms. The lowest BCUT2D eigenvalue weighted by molar-refractivity contribution is -0.137. The Balaban J connectivity index is 2.05. The van der Waals surface area contributed by atoms with Crippen molar-refractivity contribution in [1.82, 2.24) is 0 Å². The third-order valence-electron chi connectivity index (χ3n) is 3.62. The van der Waals surface area contributed by atoms with Crippen LogP contribution in [0.4, 0.5) is 0 Å². The van der Waals surface area contributed by atoms with Gasteiger partial charge in [0, 0.05) is 16.0 Å². The molecule has 0 spiro atoms. The van der Waals surface area contributed by atoms with Crippen LogP contribution in [-0.2, 0) is 4.79 Å². The van der Waals surface area contributed by atoms with Crippen molar-refractivity contribution in [2.75, 3.05) is 0 Å². The van der Waals surface area contributed by atoms with Crippen molar-refractivity contribution in [3.05, 3.63) is 29.1 Å². The van der Waals surface area contributed by atoms with Crippen LogP contribution in [0.2, 0.25) is 0 Å². The van der Waals surface area contributed by atoms with Gasteiger partial charge in [0.15, 0.2) is 0 Å². The highest BCUT2D eigenvalue weighted by atomic mass is 32.1. The van der Waals surface area contributed by atoms with E-state index in [0.717, 1.165) is 28.5 Å². The second-order valence-electron chi connectivity index (χ2n) is 4.88. The molecule has 0 saturated heterocycles. The number of carboxylic acid groups (broad SMARTS) is 1. The molecule has 2 aromatic rings. The lowest BCUT2D eigenvalue weighted by Crippen LogP contribution is -2.08. The largest absolute Gasteiger partial charge is 0.507 e. The highest BCUT2D eigenvalue weighted by molar-refractivity contribution is 7.17. The van der Waals surface area contributed by atoms with Gasteiger partial charge in [-0.15, -0.1) is 11.3 Å². The minimum atomic E-state index is -0.795. The molecule has 0 aliphatic heterocycles. The van der Waals surface area contributed by atoms with Crippen LogP contribution in [-0.4, -0.2) is 16.2 Å². The first kappa shape index (κ1) is 11.5. The van der Waals surface area contributed by atoms with Gasteiger partial charge in [-0.05, 0) is 41.8 Å². The first-order valence-electron chi connectivity index (χ1n) is 6.07. The van der Waals surface area contributed by atoms with E-state index < -0.39 is 5.97 Å². The predicted molar refractivity (Wildman–Crippen MR) is 71.2 cm³/mol. The van der Waals surface area contributed by atoms with Gasteiger partial charge in [0.05, 0.1) is 6.42 Å². The van der Waals surface area contributed by atoms with Crippen molar-refractivity contribution in [2.45, 2.75) is 25.2 Å². The molecule has 1 unspecified atom stereocenters. The summed E-state index contributed by atoms with van der Waals surface area (Å²) in [5.74, 6) is -0.154. The van der Waals surface area contributed by atoms with Crippen molar-refractivity contribution in [3.63, 3.8) is 0 Å². The number of carbonyl (C=O) groups is 1. The van der Waals surface area contributed by atoms with E-state index in [4.69, 9.17) is 5.11 Å². The van der Waals surface area contributed by atoms with Crippen molar-refractivity contribution in [2.24, 2.45) is 5.92 Å². The molecule has 1 atom stereocenters. The zero-order valence-corrected chi connectivity index (χ0v) is 10.6. The Morgan fingerprint density at radius 2 is 2.17 bits per heavy atom. The second-order valence-corrected chi connectivity index (χ2v) is 5.83. The van der Waals surface area contributed by atoms with Crippen LogP contribution in [0.25, 0.3) is 10.1 Å². The lowest BCUT2D eigenvalue weighted by Gasteiger charge is -2.16. The van der Waals surface area contributed by atoms with Crippen molar-refractivity contribution in [3.8, 4) is 5.75 Å². The van der Waals surface area contributed by atoms with Crippen LogP contribution in [0, 0.1) is 5.92 Å². The van der Waals surface area contributed by atoms with Gasteiger partial charge in [-0.2, -0.15) is 0 Å². The Morgan fingerprint density at radius 3 is 2.83 bits per heavy atom. The SMILES string of the molecule is O=C(O)CC(c1ccc2sccc2c1O)C1CC1. The van der Waals surface area contributed by atoms with Gasteiger partial charge in [0.25, 0.3) is 0 Å². The first-order chi connectivity index (χ1) is 8.66. The van der Waals surface area contributed by atoms with Crippen molar-refractivity contribution in [1.29, 1.82) is 0 Å². The molecule has 1 heterocycles. The first-order valence-corrected chi connectivity index (χ1v) is 6.95. The zero-order valence-electron chi connectivity index (χ0n) is 9.80. The number of hydrogen-bond donors (Lipinski definition) is 2. The van der Waals surface area contributed by atoms with E-state index >= 15 is 0 Å². The molecule has 0 bridgehead atoms. The smallest absolute Gasteiger partial charge is 0.303 e. The van der Waals surface area contributed by atoms with Gasteiger partial charge in [-0.3, -0.25) is 4.79 Å². The average molecular weight is 262 g/mol. The van der Waals surface area contributed by atoms with E-state index in [1.54, 1.807) is 11.3 Å². The number of fused-ring (bicyclic) bond motifs is 1. The molecule has 1 aliphatic rings. The number of thiophene rings is 1. The Morgan fingerprint density at radius 1 is 1.39 bits per heavy atom. The van der Waals surface area contributed by atoms with E-state index in [2.05, 4.69) is 0 Å². The van der Waals surface area contributed by atoms with E-state index in [-0.39, 0.29) is 18.1 Å². The molecule has 1 fully saturated rings. The number of hydrogen-bond acceptors (Lipinski definition) is 3. The number of benzene rings is 1. The summed E-state index contributed by atoms with van der Waals surface area (Å²) >= 11 is 1.58. The molecule has 3 rings (SSSR count). The van der Waals surface area contributed by atoms with Crippen LogP contribution < -0.4 is 0 Å². The van der Waals surface area contributed by atoms with Crippen LogP contribution in [0.15, 0.2) is 23.6 Å². The standard InChI is InChI=1S/C14H14O3S/c15-13(16)7-11(8-1-2-8)9-3-4-12-10(14(9)17)5-6-18-12/h3-6,8,11,17H,1-2,7H2,(H,15,16). The molecule has 4 heteroatoms. The molecular formula is C14H14O3S. The fourth-order valence-electron chi connectivity index (χ4n) is 2.56. The van der Waals surface area contributed by atoms with Gasteiger partial charge in [0.2, 0.25) is 0 Å². The molecule has 1 aliphatic carbocycles. The summed E-state index contributed by atoms with van der Waals surface area (Å²) in [6, 6.07) is 5.76. The minimum Gasteiger partial charge on any atom is -0.507 e. The van der Waals surface area contributed by atoms with Gasteiger partial charge >= 0.3 is 5.97 Å². The van der Waals surface area contributed by atoms with E-state index in [1.807, 2.05) is 23.6 Å². The summed E-state index contributed by atoms with van der Waals surface area (Å²) in [6.07, 6.45) is 2.24. The average Bonchev–Trinajstić information content (AvgIpc) is 3.05. The number of aliphatic carboxylic acids is 1. The van der Waals surface area contributed by atoms with Gasteiger partial charge in [-0.1, -0.05) is 6.07 Å². The molecular weight excluding hydrogens is 248 g/mol. The zero-order chi connectivity index (χ0) is 12.7. The third kappa shape index (κ3) is 1.97. The fourth-order valence-corrected chi connectivity index (χ4v) is 3.35. The van der Waals surface area contributed by atoms with Gasteiger partial charge in [-0.25, -0.2) is 0 Å². The molecule has 0 amide bonds. The maximum absolute atomic E-state index is 11.0. The summed E-state index contributed by atoms with van der Waals surface area (Å²) < 4.78 is 1.04. The Bertz CT molecular complexity index is 598. The van der Waals surface area contributed by atoms with Crippen LogP contribution in [0.3, 0.4) is 0 Å². The van der Waals surface area contributed by atoms with Crippen LogP contribution in [0.5, 0.6) is 5.75 Å². The molecule has 0 radical (unpaired) electrons. The van der Waals surface area contributed by atoms with Crippen LogP contribution in [0.1, 0.15) is 30.7 Å². The number of phenols is 1. The number of aromatic hydroxyl groups is 1. The Kier molecular flexibility index (Phi) is 2.74. The molecule has 3 nitrogen and oxygen atoms in total. The van der Waals surface area contributed by atoms with E-state index in [9.17, 15) is 9.90 Å². The fraction of sp³-hybridized carbons (Fsp3) is 0.357. The minimum absolute atomic E-state index is 0.0493. The Hall–Kier alpha value is -1.55. The summed E-state index contributed by atoms with van der Waals surface area (Å²) in [6.45, 7) is 0. The van der Waals surface area contributed by atoms with Crippen LogP contribution >= 0.6 is 11.3 Å². The summed E-state index contributed by atoms with van der Waals surface area (Å²) in [5, 5.41) is 22.1. The highest BCUT2D eigenvalue weighted by Crippen LogP contribution is 2.48. The second kappa shape index (κ2) is 4.28. The van der Waals surface area contributed by atoms with E-state index in [1.165, 1.54) is 0 Å².